The summed E-state index contributed by atoms with van der Waals surface area (Å²) in [5.74, 6) is 0. The zero-order chi connectivity index (χ0) is 16.1. The fraction of sp³-hybridized carbons (Fsp3) is 0.632. The standard InChI is InChI=1S/C7H6O.3C4H10.Sn/c8-6-7-4-2-1-3-5-7;3*1-3-4-2;/h1-6H;3*3-4H2,1-2H3;. The number of rotatable bonds is 4. The van der Waals surface area contributed by atoms with Crippen molar-refractivity contribution in [3.63, 3.8) is 0 Å². The second-order valence-corrected chi connectivity index (χ2v) is 4.53. The first-order valence-electron chi connectivity index (χ1n) is 8.18. The Morgan fingerprint density at radius 2 is 0.952 bits per heavy atom. The first-order chi connectivity index (χ1) is 9.67. The third-order valence-electron chi connectivity index (χ3n) is 2.44. The predicted molar refractivity (Wildman–Crippen MR) is 99.3 cm³/mol. The molecule has 2 heteroatoms. The molecule has 122 valence electrons. The van der Waals surface area contributed by atoms with Gasteiger partial charge in [-0.05, 0) is 0 Å². The van der Waals surface area contributed by atoms with Gasteiger partial charge in [0, 0.05) is 29.5 Å². The molecule has 0 heterocycles. The van der Waals surface area contributed by atoms with Gasteiger partial charge in [0.05, 0.1) is 0 Å². The van der Waals surface area contributed by atoms with Gasteiger partial charge in [0.15, 0.2) is 0 Å². The average molecular weight is 399 g/mol. The van der Waals surface area contributed by atoms with Gasteiger partial charge in [0.25, 0.3) is 0 Å². The molecule has 1 nitrogen and oxygen atoms in total. The van der Waals surface area contributed by atoms with Crippen LogP contribution in [0.25, 0.3) is 0 Å². The van der Waals surface area contributed by atoms with E-state index in [0.29, 0.717) is 0 Å². The Bertz CT molecular complexity index is 231. The van der Waals surface area contributed by atoms with E-state index in [9.17, 15) is 4.79 Å². The molecule has 0 aliphatic heterocycles. The van der Waals surface area contributed by atoms with Crippen LogP contribution in [0.4, 0.5) is 0 Å². The number of aldehydes is 1. The average Bonchev–Trinajstić information content (AvgIpc) is 2.56. The molecule has 0 aliphatic rings. The fourth-order valence-electron chi connectivity index (χ4n) is 0.532. The Labute approximate surface area is 150 Å². The van der Waals surface area contributed by atoms with Crippen LogP contribution in [0, 0.1) is 0 Å². The van der Waals surface area contributed by atoms with Crippen molar-refractivity contribution >= 4 is 30.2 Å². The summed E-state index contributed by atoms with van der Waals surface area (Å²) in [6, 6.07) is 9.10. The molecule has 0 atom stereocenters. The van der Waals surface area contributed by atoms with Gasteiger partial charge in [-0.2, -0.15) is 0 Å². The van der Waals surface area contributed by atoms with Gasteiger partial charge in [-0.25, -0.2) is 0 Å². The molecule has 0 saturated carbocycles. The molecule has 21 heavy (non-hydrogen) atoms. The van der Waals surface area contributed by atoms with Crippen LogP contribution in [0.2, 0.25) is 0 Å². The van der Waals surface area contributed by atoms with Gasteiger partial charge >= 0.3 is 0 Å². The van der Waals surface area contributed by atoms with Crippen LogP contribution in [0.3, 0.4) is 0 Å². The maximum absolute atomic E-state index is 10.0. The van der Waals surface area contributed by atoms with Gasteiger partial charge in [-0.3, -0.25) is 4.79 Å². The van der Waals surface area contributed by atoms with Crippen molar-refractivity contribution in [1.29, 1.82) is 0 Å². The first kappa shape index (κ1) is 28.8. The topological polar surface area (TPSA) is 17.1 Å². The van der Waals surface area contributed by atoms with E-state index in [1.54, 1.807) is 12.1 Å². The van der Waals surface area contributed by atoms with Gasteiger partial charge in [0.1, 0.15) is 6.29 Å². The molecule has 0 saturated heterocycles. The third-order valence-corrected chi connectivity index (χ3v) is 2.44. The summed E-state index contributed by atoms with van der Waals surface area (Å²) in [4.78, 5) is 10.0. The largest absolute Gasteiger partial charge is 0.298 e. The zero-order valence-corrected chi connectivity index (χ0v) is 18.0. The van der Waals surface area contributed by atoms with Crippen LogP contribution in [-0.4, -0.2) is 30.2 Å². The number of carbonyl (C=O) groups excluding carboxylic acids is 1. The monoisotopic (exact) mass is 400 g/mol. The van der Waals surface area contributed by atoms with Crippen LogP contribution in [0.15, 0.2) is 30.3 Å². The summed E-state index contributed by atoms with van der Waals surface area (Å²) in [7, 11) is 0. The van der Waals surface area contributed by atoms with Crippen molar-refractivity contribution in [1.82, 2.24) is 0 Å². The number of benzene rings is 1. The SMILES string of the molecule is CCCC.CCCC.CCCC.O=Cc1ccccc1.[Sn]. The molecule has 1 aromatic rings. The maximum Gasteiger partial charge on any atom is 0.150 e. The molecule has 1 aromatic carbocycles. The summed E-state index contributed by atoms with van der Waals surface area (Å²) in [5.41, 5.74) is 0.729. The molecular formula is C19H36OSn. The molecule has 0 fully saturated rings. The van der Waals surface area contributed by atoms with E-state index in [1.165, 1.54) is 38.5 Å². The molecule has 0 N–H and O–H groups in total. The minimum absolute atomic E-state index is 0. The van der Waals surface area contributed by atoms with Crippen LogP contribution in [-0.2, 0) is 0 Å². The molecule has 0 bridgehead atoms. The number of unbranched alkanes of at least 4 members (excludes halogenated alkanes) is 3. The summed E-state index contributed by atoms with van der Waals surface area (Å²) < 4.78 is 0. The third kappa shape index (κ3) is 38.3. The van der Waals surface area contributed by atoms with E-state index in [0.717, 1.165) is 11.8 Å². The Morgan fingerprint density at radius 3 is 1.10 bits per heavy atom. The summed E-state index contributed by atoms with van der Waals surface area (Å²) in [6.07, 6.45) is 8.75. The minimum atomic E-state index is 0. The van der Waals surface area contributed by atoms with Gasteiger partial charge < -0.3 is 0 Å². The van der Waals surface area contributed by atoms with Crippen LogP contribution >= 0.6 is 0 Å². The van der Waals surface area contributed by atoms with Crippen LogP contribution in [0.5, 0.6) is 0 Å². The van der Waals surface area contributed by atoms with E-state index in [-0.39, 0.29) is 23.9 Å². The number of hydrogen-bond donors (Lipinski definition) is 0. The van der Waals surface area contributed by atoms with E-state index >= 15 is 0 Å². The zero-order valence-electron chi connectivity index (χ0n) is 15.1. The molecule has 0 aromatic heterocycles. The molecule has 0 amide bonds. The van der Waals surface area contributed by atoms with Crippen LogP contribution < -0.4 is 0 Å². The fourth-order valence-corrected chi connectivity index (χ4v) is 0.532. The number of hydrogen-bond acceptors (Lipinski definition) is 1. The number of carbonyl (C=O) groups is 1. The van der Waals surface area contributed by atoms with E-state index in [1.807, 2.05) is 18.2 Å². The van der Waals surface area contributed by atoms with E-state index in [4.69, 9.17) is 0 Å². The Kier molecular flexibility index (Phi) is 43.7. The second-order valence-electron chi connectivity index (χ2n) is 4.53. The Hall–Kier alpha value is -0.311. The van der Waals surface area contributed by atoms with Crippen molar-refractivity contribution < 1.29 is 4.79 Å². The Balaban J connectivity index is -0.0000000973. The van der Waals surface area contributed by atoms with Crippen molar-refractivity contribution in [2.24, 2.45) is 0 Å². The first-order valence-corrected chi connectivity index (χ1v) is 8.18. The van der Waals surface area contributed by atoms with Crippen molar-refractivity contribution in [3.05, 3.63) is 35.9 Å². The van der Waals surface area contributed by atoms with Crippen molar-refractivity contribution in [2.75, 3.05) is 0 Å². The summed E-state index contributed by atoms with van der Waals surface area (Å²) in [5, 5.41) is 0. The van der Waals surface area contributed by atoms with Gasteiger partial charge in [0.2, 0.25) is 0 Å². The molecule has 0 unspecified atom stereocenters. The predicted octanol–water partition coefficient (Wildman–Crippen LogP) is 6.54. The van der Waals surface area contributed by atoms with Gasteiger partial charge in [-0.1, -0.05) is 110 Å². The van der Waals surface area contributed by atoms with Crippen molar-refractivity contribution in [2.45, 2.75) is 80.1 Å². The Morgan fingerprint density at radius 1 is 0.667 bits per heavy atom. The molecule has 0 spiro atoms. The summed E-state index contributed by atoms with van der Waals surface area (Å²) in [6.45, 7) is 13.1. The van der Waals surface area contributed by atoms with E-state index in [2.05, 4.69) is 41.5 Å². The summed E-state index contributed by atoms with van der Waals surface area (Å²) >= 11 is 0. The molecule has 0 aliphatic carbocycles. The molecule has 1 rings (SSSR count). The maximum atomic E-state index is 10.0. The molecule has 4 radical (unpaired) electrons. The second kappa shape index (κ2) is 31.9. The molecular weight excluding hydrogens is 363 g/mol. The van der Waals surface area contributed by atoms with E-state index < -0.39 is 0 Å². The van der Waals surface area contributed by atoms with Gasteiger partial charge in [-0.15, -0.1) is 0 Å². The van der Waals surface area contributed by atoms with Crippen LogP contribution in [0.1, 0.15) is 90.4 Å². The van der Waals surface area contributed by atoms with Crippen molar-refractivity contribution in [3.8, 4) is 0 Å². The quantitative estimate of drug-likeness (QED) is 0.415. The smallest absolute Gasteiger partial charge is 0.150 e. The minimum Gasteiger partial charge on any atom is -0.298 e. The normalized spacial score (nSPS) is 7.52.